The molecule has 1 aliphatic heterocycles. The van der Waals surface area contributed by atoms with Crippen LogP contribution >= 0.6 is 15.9 Å². The van der Waals surface area contributed by atoms with Gasteiger partial charge in [-0.3, -0.25) is 9.29 Å². The maximum absolute atomic E-state index is 12.4. The minimum absolute atomic E-state index is 0.141. The predicted octanol–water partition coefficient (Wildman–Crippen LogP) is 5.38. The molecule has 0 unspecified atom stereocenters. The third-order valence-corrected chi connectivity index (χ3v) is 6.34. The minimum atomic E-state index is -0.250. The third-order valence-electron chi connectivity index (χ3n) is 5.55. The molecule has 4 rings (SSSR count). The number of fused-ring (bicyclic) bond motifs is 1. The highest BCUT2D eigenvalue weighted by atomic mass is 79.9. The van der Waals surface area contributed by atoms with E-state index in [1.807, 2.05) is 12.3 Å². The van der Waals surface area contributed by atoms with E-state index < -0.39 is 0 Å². The van der Waals surface area contributed by atoms with Gasteiger partial charge in [-0.05, 0) is 49.3 Å². The lowest BCUT2D eigenvalue weighted by atomic mass is 9.95. The van der Waals surface area contributed by atoms with Gasteiger partial charge in [0, 0.05) is 47.5 Å². The predicted molar refractivity (Wildman–Crippen MR) is 115 cm³/mol. The molecular formula is C23H26BrFN2O. The Hall–Kier alpha value is -1.72. The summed E-state index contributed by atoms with van der Waals surface area (Å²) in [5.74, 6) is 0.666. The quantitative estimate of drug-likeness (QED) is 0.597. The number of aryl methyl sites for hydroxylation is 1. The summed E-state index contributed by atoms with van der Waals surface area (Å²) in [6.07, 6.45) is 6.93. The van der Waals surface area contributed by atoms with E-state index in [9.17, 15) is 4.39 Å². The van der Waals surface area contributed by atoms with Crippen molar-refractivity contribution in [3.63, 3.8) is 0 Å². The molecule has 2 aromatic rings. The van der Waals surface area contributed by atoms with Crippen molar-refractivity contribution in [2.45, 2.75) is 38.2 Å². The van der Waals surface area contributed by atoms with Crippen LogP contribution in [0.2, 0.25) is 0 Å². The summed E-state index contributed by atoms with van der Waals surface area (Å²) in [4.78, 5) is 6.85. The third kappa shape index (κ3) is 4.47. The number of hydrogen-bond donors (Lipinski definition) is 0. The molecule has 0 spiro atoms. The van der Waals surface area contributed by atoms with E-state index in [4.69, 9.17) is 4.74 Å². The Kier molecular flexibility index (Phi) is 6.43. The van der Waals surface area contributed by atoms with Crippen molar-refractivity contribution in [2.75, 3.05) is 26.3 Å². The van der Waals surface area contributed by atoms with E-state index in [1.54, 1.807) is 0 Å². The van der Waals surface area contributed by atoms with E-state index in [-0.39, 0.29) is 12.8 Å². The van der Waals surface area contributed by atoms with Crippen molar-refractivity contribution in [2.24, 2.45) is 0 Å². The monoisotopic (exact) mass is 444 g/mol. The molecule has 0 bridgehead atoms. The molecule has 2 heterocycles. The zero-order valence-corrected chi connectivity index (χ0v) is 17.6. The lowest BCUT2D eigenvalue weighted by molar-refractivity contribution is 0.191. The van der Waals surface area contributed by atoms with E-state index in [2.05, 4.69) is 56.1 Å². The van der Waals surface area contributed by atoms with Gasteiger partial charge in [-0.15, -0.1) is 0 Å². The van der Waals surface area contributed by atoms with Gasteiger partial charge in [-0.1, -0.05) is 40.2 Å². The number of likely N-dealkylation sites (tertiary alicyclic amines) is 1. The fourth-order valence-corrected chi connectivity index (χ4v) is 4.87. The first-order chi connectivity index (χ1) is 13.7. The summed E-state index contributed by atoms with van der Waals surface area (Å²) in [7, 11) is 0. The first-order valence-corrected chi connectivity index (χ1v) is 10.9. The highest BCUT2D eigenvalue weighted by Crippen LogP contribution is 2.37. The molecule has 1 aliphatic carbocycles. The Balaban J connectivity index is 1.48. The van der Waals surface area contributed by atoms with Crippen LogP contribution in [0.15, 0.2) is 47.1 Å². The van der Waals surface area contributed by atoms with Gasteiger partial charge in [0.05, 0.1) is 6.67 Å². The molecule has 1 aromatic heterocycles. The second-order valence-electron chi connectivity index (χ2n) is 7.55. The number of allylic oxidation sites excluding steroid dienone is 1. The molecule has 1 saturated heterocycles. The lowest BCUT2D eigenvalue weighted by Crippen LogP contribution is -2.26. The molecule has 0 saturated carbocycles. The highest BCUT2D eigenvalue weighted by Gasteiger charge is 2.24. The van der Waals surface area contributed by atoms with Gasteiger partial charge in [0.1, 0.15) is 6.10 Å². The first-order valence-electron chi connectivity index (χ1n) is 10.1. The maximum Gasteiger partial charge on any atom is 0.213 e. The Morgan fingerprint density at radius 3 is 2.89 bits per heavy atom. The van der Waals surface area contributed by atoms with Gasteiger partial charge in [0.15, 0.2) is 0 Å². The number of nitrogens with zero attached hydrogens (tertiary/aromatic N) is 2. The summed E-state index contributed by atoms with van der Waals surface area (Å²) < 4.78 is 19.7. The second-order valence-corrected chi connectivity index (χ2v) is 8.50. The second kappa shape index (κ2) is 9.19. The van der Waals surface area contributed by atoms with Crippen LogP contribution in [0.1, 0.15) is 42.4 Å². The number of benzene rings is 1. The van der Waals surface area contributed by atoms with E-state index >= 15 is 0 Å². The molecule has 2 aliphatic rings. The van der Waals surface area contributed by atoms with Crippen molar-refractivity contribution in [1.82, 2.24) is 9.88 Å². The van der Waals surface area contributed by atoms with E-state index in [1.165, 1.54) is 21.2 Å². The Bertz CT molecular complexity index is 837. The number of ether oxygens (including phenoxy) is 1. The smallest absolute Gasteiger partial charge is 0.213 e. The normalized spacial score (nSPS) is 20.1. The Morgan fingerprint density at radius 1 is 1.18 bits per heavy atom. The van der Waals surface area contributed by atoms with Crippen LogP contribution in [0.3, 0.4) is 0 Å². The van der Waals surface area contributed by atoms with Crippen LogP contribution in [0.5, 0.6) is 5.88 Å². The van der Waals surface area contributed by atoms with E-state index in [0.717, 1.165) is 50.9 Å². The van der Waals surface area contributed by atoms with Crippen molar-refractivity contribution < 1.29 is 9.13 Å². The first kappa shape index (κ1) is 19.6. The molecule has 1 aromatic carbocycles. The standard InChI is InChI=1S/C23H26BrFN2O/c24-21-8-3-6-17-5-1-2-7-20(17)23(21)18-9-10-22(26-15-18)28-19-11-14-27(16-19)13-4-12-25/h1-2,5,7,9-10,15,19H,3-4,6,8,11-14,16H2/t19-/m0/s1. The molecule has 1 atom stereocenters. The van der Waals surface area contributed by atoms with Gasteiger partial charge in [-0.25, -0.2) is 4.98 Å². The maximum atomic E-state index is 12.4. The minimum Gasteiger partial charge on any atom is -0.473 e. The van der Waals surface area contributed by atoms with Crippen LogP contribution in [-0.2, 0) is 6.42 Å². The number of aromatic nitrogens is 1. The molecule has 3 nitrogen and oxygen atoms in total. The van der Waals surface area contributed by atoms with Crippen LogP contribution in [0, 0.1) is 0 Å². The van der Waals surface area contributed by atoms with Crippen molar-refractivity contribution in [3.05, 3.63) is 63.8 Å². The molecule has 0 radical (unpaired) electrons. The number of hydrogen-bond acceptors (Lipinski definition) is 3. The highest BCUT2D eigenvalue weighted by molar-refractivity contribution is 9.11. The van der Waals surface area contributed by atoms with Gasteiger partial charge in [0.25, 0.3) is 0 Å². The Labute approximate surface area is 174 Å². The van der Waals surface area contributed by atoms with Gasteiger partial charge < -0.3 is 4.74 Å². The summed E-state index contributed by atoms with van der Waals surface area (Å²) in [6.45, 7) is 2.39. The molecule has 0 N–H and O–H groups in total. The van der Waals surface area contributed by atoms with Crippen LogP contribution in [0.4, 0.5) is 4.39 Å². The molecule has 1 fully saturated rings. The SMILES string of the molecule is FCCCN1CC[C@H](Oc2ccc(C3=C(Br)CCCc4ccccc43)cn2)C1. The van der Waals surface area contributed by atoms with Crippen LogP contribution in [-0.4, -0.2) is 42.3 Å². The fourth-order valence-electron chi connectivity index (χ4n) is 4.15. The van der Waals surface area contributed by atoms with Crippen LogP contribution in [0.25, 0.3) is 5.57 Å². The molecular weight excluding hydrogens is 419 g/mol. The fraction of sp³-hybridized carbons (Fsp3) is 0.435. The zero-order chi connectivity index (χ0) is 19.3. The average Bonchev–Trinajstić information content (AvgIpc) is 3.08. The summed E-state index contributed by atoms with van der Waals surface area (Å²) in [5.41, 5.74) is 5.04. The number of pyridine rings is 1. The summed E-state index contributed by atoms with van der Waals surface area (Å²) in [6, 6.07) is 12.7. The summed E-state index contributed by atoms with van der Waals surface area (Å²) >= 11 is 3.82. The largest absolute Gasteiger partial charge is 0.473 e. The zero-order valence-electron chi connectivity index (χ0n) is 16.0. The summed E-state index contributed by atoms with van der Waals surface area (Å²) in [5, 5.41) is 0. The number of halogens is 2. The lowest BCUT2D eigenvalue weighted by Gasteiger charge is -2.16. The molecule has 28 heavy (non-hydrogen) atoms. The topological polar surface area (TPSA) is 25.4 Å². The van der Waals surface area contributed by atoms with Crippen molar-refractivity contribution >= 4 is 21.5 Å². The average molecular weight is 445 g/mol. The van der Waals surface area contributed by atoms with Crippen molar-refractivity contribution in [1.29, 1.82) is 0 Å². The van der Waals surface area contributed by atoms with E-state index in [0.29, 0.717) is 12.3 Å². The molecule has 5 heteroatoms. The molecule has 148 valence electrons. The van der Waals surface area contributed by atoms with Crippen LogP contribution < -0.4 is 4.74 Å². The van der Waals surface area contributed by atoms with Crippen molar-refractivity contribution in [3.8, 4) is 5.88 Å². The van der Waals surface area contributed by atoms with Gasteiger partial charge in [0.2, 0.25) is 5.88 Å². The number of alkyl halides is 1. The van der Waals surface area contributed by atoms with Gasteiger partial charge >= 0.3 is 0 Å². The molecule has 0 amide bonds. The van der Waals surface area contributed by atoms with Gasteiger partial charge in [-0.2, -0.15) is 0 Å². The Morgan fingerprint density at radius 2 is 2.07 bits per heavy atom. The number of rotatable bonds is 6.